The summed E-state index contributed by atoms with van der Waals surface area (Å²) in [6, 6.07) is 9.84. The Morgan fingerprint density at radius 3 is 2.67 bits per heavy atom. The van der Waals surface area contributed by atoms with Crippen molar-refractivity contribution < 1.29 is 4.52 Å². The van der Waals surface area contributed by atoms with Gasteiger partial charge in [-0.3, -0.25) is 0 Å². The summed E-state index contributed by atoms with van der Waals surface area (Å²) in [5, 5.41) is 6.98. The zero-order valence-electron chi connectivity index (χ0n) is 8.77. The van der Waals surface area contributed by atoms with Crippen molar-refractivity contribution in [2.45, 2.75) is 13.0 Å². The molecule has 0 saturated carbocycles. The molecule has 1 aromatic carbocycles. The maximum absolute atomic E-state index is 5.17. The largest absolute Gasteiger partial charge is 0.334 e. The van der Waals surface area contributed by atoms with Crippen molar-refractivity contribution in [1.82, 2.24) is 15.5 Å². The average Bonchev–Trinajstić information content (AvgIpc) is 2.78. The van der Waals surface area contributed by atoms with Gasteiger partial charge in [0.25, 0.3) is 5.89 Å². The lowest BCUT2D eigenvalue weighted by molar-refractivity contribution is 0.413. The van der Waals surface area contributed by atoms with Crippen LogP contribution in [-0.2, 0) is 0 Å². The summed E-state index contributed by atoms with van der Waals surface area (Å²) >= 11 is 0. The van der Waals surface area contributed by atoms with Crippen molar-refractivity contribution in [3.8, 4) is 11.5 Å². The van der Waals surface area contributed by atoms with Gasteiger partial charge in [-0.1, -0.05) is 23.4 Å². The molecule has 4 heteroatoms. The predicted octanol–water partition coefficient (Wildman–Crippen LogP) is 2.02. The van der Waals surface area contributed by atoms with E-state index in [0.29, 0.717) is 11.7 Å². The first-order valence-electron chi connectivity index (χ1n) is 4.87. The molecular weight excluding hydrogens is 190 g/mol. The van der Waals surface area contributed by atoms with Crippen LogP contribution in [0.4, 0.5) is 0 Å². The Morgan fingerprint density at radius 1 is 1.27 bits per heavy atom. The molecule has 2 rings (SSSR count). The van der Waals surface area contributed by atoms with Crippen LogP contribution in [0.5, 0.6) is 0 Å². The van der Waals surface area contributed by atoms with Crippen LogP contribution in [0.15, 0.2) is 34.9 Å². The highest BCUT2D eigenvalue weighted by Gasteiger charge is 2.12. The first kappa shape index (κ1) is 9.86. The minimum atomic E-state index is 0.103. The van der Waals surface area contributed by atoms with E-state index < -0.39 is 0 Å². The molecule has 0 spiro atoms. The molecule has 1 aromatic heterocycles. The van der Waals surface area contributed by atoms with E-state index in [4.69, 9.17) is 4.52 Å². The SMILES string of the molecule is CNC(C)c1noc(-c2ccccc2)n1. The van der Waals surface area contributed by atoms with Crippen molar-refractivity contribution >= 4 is 0 Å². The second-order valence-electron chi connectivity index (χ2n) is 3.33. The average molecular weight is 203 g/mol. The van der Waals surface area contributed by atoms with Crippen LogP contribution in [0.3, 0.4) is 0 Å². The van der Waals surface area contributed by atoms with Gasteiger partial charge < -0.3 is 9.84 Å². The predicted molar refractivity (Wildman–Crippen MR) is 57.2 cm³/mol. The third-order valence-corrected chi connectivity index (χ3v) is 2.28. The summed E-state index contributed by atoms with van der Waals surface area (Å²) in [5.74, 6) is 1.24. The maximum Gasteiger partial charge on any atom is 0.257 e. The highest BCUT2D eigenvalue weighted by molar-refractivity contribution is 5.52. The van der Waals surface area contributed by atoms with Crippen LogP contribution in [0, 0.1) is 0 Å². The fourth-order valence-electron chi connectivity index (χ4n) is 1.24. The fourth-order valence-corrected chi connectivity index (χ4v) is 1.24. The molecule has 0 fully saturated rings. The van der Waals surface area contributed by atoms with E-state index in [1.807, 2.05) is 44.3 Å². The normalized spacial score (nSPS) is 12.7. The molecular formula is C11H13N3O. The second-order valence-corrected chi connectivity index (χ2v) is 3.33. The number of hydrogen-bond donors (Lipinski definition) is 1. The molecule has 1 N–H and O–H groups in total. The van der Waals surface area contributed by atoms with Crippen LogP contribution in [0.1, 0.15) is 18.8 Å². The van der Waals surface area contributed by atoms with Gasteiger partial charge in [-0.25, -0.2) is 0 Å². The number of nitrogens with zero attached hydrogens (tertiary/aromatic N) is 2. The van der Waals surface area contributed by atoms with E-state index in [1.54, 1.807) is 0 Å². The van der Waals surface area contributed by atoms with E-state index in [-0.39, 0.29) is 6.04 Å². The lowest BCUT2D eigenvalue weighted by atomic mass is 10.2. The zero-order chi connectivity index (χ0) is 10.7. The van der Waals surface area contributed by atoms with Crippen molar-refractivity contribution in [1.29, 1.82) is 0 Å². The minimum absolute atomic E-state index is 0.103. The molecule has 0 aliphatic heterocycles. The van der Waals surface area contributed by atoms with Gasteiger partial charge in [0.1, 0.15) is 0 Å². The van der Waals surface area contributed by atoms with Gasteiger partial charge in [0.05, 0.1) is 6.04 Å². The smallest absolute Gasteiger partial charge is 0.257 e. The van der Waals surface area contributed by atoms with E-state index in [9.17, 15) is 0 Å². The first-order chi connectivity index (χ1) is 7.31. The van der Waals surface area contributed by atoms with Crippen LogP contribution in [0.25, 0.3) is 11.5 Å². The summed E-state index contributed by atoms with van der Waals surface area (Å²) in [5.41, 5.74) is 0.944. The van der Waals surface area contributed by atoms with Gasteiger partial charge in [-0.05, 0) is 26.1 Å². The lowest BCUT2D eigenvalue weighted by Crippen LogP contribution is -2.13. The Hall–Kier alpha value is -1.68. The Morgan fingerprint density at radius 2 is 2.00 bits per heavy atom. The highest BCUT2D eigenvalue weighted by atomic mass is 16.5. The quantitative estimate of drug-likeness (QED) is 0.829. The van der Waals surface area contributed by atoms with Crippen molar-refractivity contribution in [3.63, 3.8) is 0 Å². The molecule has 0 aliphatic rings. The Kier molecular flexibility index (Phi) is 2.78. The highest BCUT2D eigenvalue weighted by Crippen LogP contribution is 2.18. The number of rotatable bonds is 3. The molecule has 0 amide bonds. The minimum Gasteiger partial charge on any atom is -0.334 e. The zero-order valence-corrected chi connectivity index (χ0v) is 8.77. The van der Waals surface area contributed by atoms with Gasteiger partial charge in [0.2, 0.25) is 0 Å². The number of aromatic nitrogens is 2. The van der Waals surface area contributed by atoms with Crippen molar-refractivity contribution in [2.24, 2.45) is 0 Å². The second kappa shape index (κ2) is 4.23. The van der Waals surface area contributed by atoms with E-state index in [2.05, 4.69) is 15.5 Å². The molecule has 2 aromatic rings. The van der Waals surface area contributed by atoms with Crippen LogP contribution in [-0.4, -0.2) is 17.2 Å². The topological polar surface area (TPSA) is 51.0 Å². The summed E-state index contributed by atoms with van der Waals surface area (Å²) in [4.78, 5) is 4.31. The molecule has 0 radical (unpaired) electrons. The van der Waals surface area contributed by atoms with Gasteiger partial charge in [-0.2, -0.15) is 4.98 Å². The summed E-state index contributed by atoms with van der Waals surface area (Å²) in [6.45, 7) is 1.99. The summed E-state index contributed by atoms with van der Waals surface area (Å²) in [7, 11) is 1.86. The van der Waals surface area contributed by atoms with E-state index in [0.717, 1.165) is 5.56 Å². The lowest BCUT2D eigenvalue weighted by Gasteiger charge is -2.01. The summed E-state index contributed by atoms with van der Waals surface area (Å²) in [6.07, 6.45) is 0. The molecule has 1 heterocycles. The van der Waals surface area contributed by atoms with Crippen molar-refractivity contribution in [3.05, 3.63) is 36.2 Å². The van der Waals surface area contributed by atoms with Gasteiger partial charge in [0.15, 0.2) is 5.82 Å². The molecule has 1 unspecified atom stereocenters. The maximum atomic E-state index is 5.17. The standard InChI is InChI=1S/C11H13N3O/c1-8(12-2)10-13-11(15-14-10)9-6-4-3-5-7-9/h3-8,12H,1-2H3. The van der Waals surface area contributed by atoms with Crippen molar-refractivity contribution in [2.75, 3.05) is 7.05 Å². The Balaban J connectivity index is 2.28. The molecule has 0 saturated heterocycles. The van der Waals surface area contributed by atoms with Gasteiger partial charge >= 0.3 is 0 Å². The number of nitrogens with one attached hydrogen (secondary N) is 1. The summed E-state index contributed by atoms with van der Waals surface area (Å²) < 4.78 is 5.17. The number of benzene rings is 1. The monoisotopic (exact) mass is 203 g/mol. The van der Waals surface area contributed by atoms with Crippen LogP contribution >= 0.6 is 0 Å². The van der Waals surface area contributed by atoms with Gasteiger partial charge in [-0.15, -0.1) is 0 Å². The molecule has 4 nitrogen and oxygen atoms in total. The third kappa shape index (κ3) is 2.05. The molecule has 15 heavy (non-hydrogen) atoms. The molecule has 78 valence electrons. The van der Waals surface area contributed by atoms with E-state index >= 15 is 0 Å². The molecule has 0 bridgehead atoms. The fraction of sp³-hybridized carbons (Fsp3) is 0.273. The van der Waals surface area contributed by atoms with Gasteiger partial charge in [0, 0.05) is 5.56 Å². The Labute approximate surface area is 88.3 Å². The first-order valence-corrected chi connectivity index (χ1v) is 4.87. The molecule has 0 aliphatic carbocycles. The van der Waals surface area contributed by atoms with Crippen LogP contribution < -0.4 is 5.32 Å². The Bertz CT molecular complexity index is 424. The van der Waals surface area contributed by atoms with E-state index in [1.165, 1.54) is 0 Å². The van der Waals surface area contributed by atoms with Crippen LogP contribution in [0.2, 0.25) is 0 Å². The third-order valence-electron chi connectivity index (χ3n) is 2.28. The number of hydrogen-bond acceptors (Lipinski definition) is 4. The molecule has 1 atom stereocenters.